The van der Waals surface area contributed by atoms with E-state index in [1.807, 2.05) is 37.2 Å². The molecule has 1 amide bonds. The Hall–Kier alpha value is -1.14. The molecule has 0 bridgehead atoms. The zero-order valence-corrected chi connectivity index (χ0v) is 14.8. The molecule has 1 aliphatic heterocycles. The van der Waals surface area contributed by atoms with Gasteiger partial charge in [0.05, 0.1) is 6.04 Å². The molecule has 0 saturated carbocycles. The van der Waals surface area contributed by atoms with Crippen LogP contribution in [0.5, 0.6) is 0 Å². The molecule has 6 heteroatoms. The molecule has 1 saturated heterocycles. The smallest absolute Gasteiger partial charge is 0.410 e. The predicted molar refractivity (Wildman–Crippen MR) is 89.1 cm³/mol. The highest BCUT2D eigenvalue weighted by molar-refractivity contribution is 7.09. The molecular formula is C16H27N3O2S. The number of carbonyl (C=O) groups excluding carboxylic acids is 1. The summed E-state index contributed by atoms with van der Waals surface area (Å²) in [6.45, 7) is 9.40. The Morgan fingerprint density at radius 3 is 2.95 bits per heavy atom. The van der Waals surface area contributed by atoms with E-state index in [-0.39, 0.29) is 18.2 Å². The lowest BCUT2D eigenvalue weighted by atomic mass is 10.0. The Kier molecular flexibility index (Phi) is 5.81. The van der Waals surface area contributed by atoms with E-state index in [0.29, 0.717) is 0 Å². The summed E-state index contributed by atoms with van der Waals surface area (Å²) in [4.78, 5) is 18.6. The molecule has 0 spiro atoms. The number of carbonyl (C=O) groups is 1. The van der Waals surface area contributed by atoms with Crippen molar-refractivity contribution in [3.05, 3.63) is 16.6 Å². The number of hydrogen-bond acceptors (Lipinski definition) is 5. The van der Waals surface area contributed by atoms with Crippen LogP contribution in [0.4, 0.5) is 4.79 Å². The molecule has 0 aliphatic carbocycles. The van der Waals surface area contributed by atoms with E-state index in [1.165, 1.54) is 0 Å². The molecule has 1 aliphatic rings. The van der Waals surface area contributed by atoms with Crippen LogP contribution in [0.2, 0.25) is 0 Å². The Labute approximate surface area is 137 Å². The number of likely N-dealkylation sites (tertiary alicyclic amines) is 1. The highest BCUT2D eigenvalue weighted by atomic mass is 32.1. The molecule has 22 heavy (non-hydrogen) atoms. The van der Waals surface area contributed by atoms with E-state index in [4.69, 9.17) is 4.74 Å². The van der Waals surface area contributed by atoms with Crippen LogP contribution in [0.25, 0.3) is 0 Å². The van der Waals surface area contributed by atoms with Crippen LogP contribution in [0.3, 0.4) is 0 Å². The molecule has 5 nitrogen and oxygen atoms in total. The van der Waals surface area contributed by atoms with E-state index in [1.54, 1.807) is 11.3 Å². The number of piperidine rings is 1. The molecule has 1 aromatic rings. The largest absolute Gasteiger partial charge is 0.444 e. The molecule has 1 aromatic heterocycles. The minimum Gasteiger partial charge on any atom is -0.444 e. The Morgan fingerprint density at radius 1 is 1.55 bits per heavy atom. The number of nitrogens with one attached hydrogen (secondary N) is 1. The maximum Gasteiger partial charge on any atom is 0.410 e. The number of ether oxygens (including phenoxy) is 1. The van der Waals surface area contributed by atoms with Gasteiger partial charge < -0.3 is 15.0 Å². The van der Waals surface area contributed by atoms with Crippen molar-refractivity contribution in [2.45, 2.75) is 64.6 Å². The molecule has 1 N–H and O–H groups in total. The molecule has 0 unspecified atom stereocenters. The molecule has 2 rings (SSSR count). The van der Waals surface area contributed by atoms with E-state index in [2.05, 4.69) is 17.2 Å². The first-order valence-electron chi connectivity index (χ1n) is 7.99. The van der Waals surface area contributed by atoms with Gasteiger partial charge in [-0.2, -0.15) is 0 Å². The predicted octanol–water partition coefficient (Wildman–Crippen LogP) is 3.58. The van der Waals surface area contributed by atoms with E-state index in [9.17, 15) is 4.79 Å². The number of hydrogen-bond donors (Lipinski definition) is 1. The van der Waals surface area contributed by atoms with Crippen molar-refractivity contribution in [2.75, 3.05) is 13.1 Å². The van der Waals surface area contributed by atoms with Gasteiger partial charge in [-0.15, -0.1) is 11.3 Å². The first kappa shape index (κ1) is 17.2. The maximum atomic E-state index is 12.4. The van der Waals surface area contributed by atoms with E-state index >= 15 is 0 Å². The van der Waals surface area contributed by atoms with Gasteiger partial charge >= 0.3 is 6.09 Å². The summed E-state index contributed by atoms with van der Waals surface area (Å²) in [7, 11) is 0. The van der Waals surface area contributed by atoms with Crippen molar-refractivity contribution in [1.29, 1.82) is 0 Å². The maximum absolute atomic E-state index is 12.4. The Balaban J connectivity index is 1.90. The monoisotopic (exact) mass is 325 g/mol. The van der Waals surface area contributed by atoms with Crippen molar-refractivity contribution >= 4 is 17.4 Å². The first-order valence-corrected chi connectivity index (χ1v) is 8.87. The second-order valence-corrected chi connectivity index (χ2v) is 7.75. The third kappa shape index (κ3) is 4.95. The SMILES string of the molecule is C[C@@H](NC[C@H]1CCCCN1C(=O)OC(C)(C)C)c1nccs1. The van der Waals surface area contributed by atoms with Crippen molar-refractivity contribution < 1.29 is 9.53 Å². The lowest BCUT2D eigenvalue weighted by Crippen LogP contribution is -2.50. The second kappa shape index (κ2) is 7.42. The Bertz CT molecular complexity index is 470. The average Bonchev–Trinajstić information content (AvgIpc) is 2.97. The molecule has 2 heterocycles. The van der Waals surface area contributed by atoms with Gasteiger partial charge in [-0.25, -0.2) is 9.78 Å². The minimum absolute atomic E-state index is 0.194. The average molecular weight is 325 g/mol. The van der Waals surface area contributed by atoms with Gasteiger partial charge in [-0.05, 0) is 47.0 Å². The van der Waals surface area contributed by atoms with Crippen LogP contribution in [-0.4, -0.2) is 40.7 Å². The van der Waals surface area contributed by atoms with Crippen LogP contribution in [0.1, 0.15) is 58.0 Å². The quantitative estimate of drug-likeness (QED) is 0.919. The van der Waals surface area contributed by atoms with Crippen molar-refractivity contribution in [1.82, 2.24) is 15.2 Å². The van der Waals surface area contributed by atoms with Crippen LogP contribution in [0, 0.1) is 0 Å². The summed E-state index contributed by atoms with van der Waals surface area (Å²) in [5, 5.41) is 6.57. The zero-order chi connectivity index (χ0) is 16.2. The van der Waals surface area contributed by atoms with Gasteiger partial charge in [-0.1, -0.05) is 0 Å². The number of thiazole rings is 1. The number of aromatic nitrogens is 1. The molecule has 0 aromatic carbocycles. The molecule has 2 atom stereocenters. The van der Waals surface area contributed by atoms with Crippen molar-refractivity contribution in [2.24, 2.45) is 0 Å². The van der Waals surface area contributed by atoms with Crippen LogP contribution in [-0.2, 0) is 4.74 Å². The van der Waals surface area contributed by atoms with Gasteiger partial charge in [0.25, 0.3) is 0 Å². The topological polar surface area (TPSA) is 54.5 Å². The van der Waals surface area contributed by atoms with Crippen molar-refractivity contribution in [3.8, 4) is 0 Å². The minimum atomic E-state index is -0.444. The molecule has 124 valence electrons. The number of rotatable bonds is 4. The second-order valence-electron chi connectivity index (χ2n) is 6.82. The fourth-order valence-electron chi connectivity index (χ4n) is 2.62. The van der Waals surface area contributed by atoms with Gasteiger partial charge in [0.2, 0.25) is 0 Å². The van der Waals surface area contributed by atoms with Crippen LogP contribution >= 0.6 is 11.3 Å². The van der Waals surface area contributed by atoms with E-state index in [0.717, 1.165) is 37.4 Å². The van der Waals surface area contributed by atoms with Gasteiger partial charge in [0, 0.05) is 30.7 Å². The van der Waals surface area contributed by atoms with Gasteiger partial charge in [0.1, 0.15) is 10.6 Å². The summed E-state index contributed by atoms with van der Waals surface area (Å²) in [5.74, 6) is 0. The lowest BCUT2D eigenvalue weighted by Gasteiger charge is -2.37. The highest BCUT2D eigenvalue weighted by Gasteiger charge is 2.30. The number of nitrogens with zero attached hydrogens (tertiary/aromatic N) is 2. The fraction of sp³-hybridized carbons (Fsp3) is 0.750. The number of amides is 1. The van der Waals surface area contributed by atoms with Gasteiger partial charge in [-0.3, -0.25) is 0 Å². The third-order valence-corrected chi connectivity index (χ3v) is 4.69. The molecule has 1 fully saturated rings. The summed E-state index contributed by atoms with van der Waals surface area (Å²) in [5.41, 5.74) is -0.444. The molecular weight excluding hydrogens is 298 g/mol. The van der Waals surface area contributed by atoms with Crippen LogP contribution in [0.15, 0.2) is 11.6 Å². The summed E-state index contributed by atoms with van der Waals surface area (Å²) >= 11 is 1.65. The first-order chi connectivity index (χ1) is 10.4. The molecule has 0 radical (unpaired) electrons. The van der Waals surface area contributed by atoms with Gasteiger partial charge in [0.15, 0.2) is 0 Å². The third-order valence-electron chi connectivity index (χ3n) is 3.74. The Morgan fingerprint density at radius 2 is 2.32 bits per heavy atom. The highest BCUT2D eigenvalue weighted by Crippen LogP contribution is 2.21. The zero-order valence-electron chi connectivity index (χ0n) is 14.0. The lowest BCUT2D eigenvalue weighted by molar-refractivity contribution is 0.00970. The summed E-state index contributed by atoms with van der Waals surface area (Å²) < 4.78 is 5.54. The summed E-state index contributed by atoms with van der Waals surface area (Å²) in [6.07, 6.45) is 4.87. The normalized spacial score (nSPS) is 20.7. The van der Waals surface area contributed by atoms with Crippen molar-refractivity contribution in [3.63, 3.8) is 0 Å². The fourth-order valence-corrected chi connectivity index (χ4v) is 3.29. The van der Waals surface area contributed by atoms with E-state index < -0.39 is 5.60 Å². The van der Waals surface area contributed by atoms with Crippen LogP contribution < -0.4 is 5.32 Å². The summed E-state index contributed by atoms with van der Waals surface area (Å²) in [6, 6.07) is 0.411. The standard InChI is InChI=1S/C16H27N3O2S/c1-12(14-17-8-10-22-14)18-11-13-7-5-6-9-19(13)15(20)21-16(2,3)4/h8,10,12-13,18H,5-7,9,11H2,1-4H3/t12-,13-/m1/s1.